The summed E-state index contributed by atoms with van der Waals surface area (Å²) in [7, 11) is 0. The third-order valence-electron chi connectivity index (χ3n) is 10.7. The SMILES string of the molecule is C[C@H]([C@@H]1OC(C)(C)O[C@H](C[C@@H](O)[C@@H](C)[C@H](O)[C@@H](C)[C@H]2C[C@@H](C[C@H]3CCOC(C)(C)O3)OC(C)(C)O2)[C@@H]1C)[C@H]1OC(C)(C)OC[C@H]1C. The minimum absolute atomic E-state index is 0.000957. The highest BCUT2D eigenvalue weighted by atomic mass is 16.7. The molecule has 0 aromatic carbocycles. The van der Waals surface area contributed by atoms with Gasteiger partial charge >= 0.3 is 0 Å². The Morgan fingerprint density at radius 1 is 0.696 bits per heavy atom. The molecular formula is C36H66O10. The summed E-state index contributed by atoms with van der Waals surface area (Å²) in [5.41, 5.74) is 0. The van der Waals surface area contributed by atoms with Crippen LogP contribution in [0.5, 0.6) is 0 Å². The molecule has 0 bridgehead atoms. The first-order valence-corrected chi connectivity index (χ1v) is 17.8. The van der Waals surface area contributed by atoms with Crippen LogP contribution in [-0.4, -0.2) is 95.4 Å². The Hall–Kier alpha value is -0.400. The zero-order valence-electron chi connectivity index (χ0n) is 30.9. The van der Waals surface area contributed by atoms with E-state index in [0.29, 0.717) is 26.1 Å². The van der Waals surface area contributed by atoms with E-state index in [1.54, 1.807) is 0 Å². The number of ether oxygens (including phenoxy) is 8. The maximum absolute atomic E-state index is 11.6. The molecule has 0 amide bonds. The van der Waals surface area contributed by atoms with Crippen molar-refractivity contribution in [2.24, 2.45) is 29.6 Å². The second-order valence-electron chi connectivity index (χ2n) is 16.7. The number of aliphatic hydroxyl groups excluding tert-OH is 2. The van der Waals surface area contributed by atoms with Gasteiger partial charge in [0.15, 0.2) is 23.1 Å². The van der Waals surface area contributed by atoms with Crippen molar-refractivity contribution >= 4 is 0 Å². The fourth-order valence-electron chi connectivity index (χ4n) is 8.10. The first kappa shape index (κ1) is 38.4. The average Bonchev–Trinajstić information content (AvgIpc) is 2.92. The van der Waals surface area contributed by atoms with E-state index in [4.69, 9.17) is 37.9 Å². The fourth-order valence-corrected chi connectivity index (χ4v) is 8.10. The molecule has 270 valence electrons. The van der Waals surface area contributed by atoms with Crippen molar-refractivity contribution in [1.82, 2.24) is 0 Å². The zero-order chi connectivity index (χ0) is 34.4. The summed E-state index contributed by atoms with van der Waals surface area (Å²) in [5, 5.41) is 23.2. The van der Waals surface area contributed by atoms with Crippen molar-refractivity contribution in [3.63, 3.8) is 0 Å². The molecule has 10 nitrogen and oxygen atoms in total. The van der Waals surface area contributed by atoms with Gasteiger partial charge in [-0.2, -0.15) is 0 Å². The summed E-state index contributed by atoms with van der Waals surface area (Å²) in [5.74, 6) is -3.20. The van der Waals surface area contributed by atoms with E-state index in [2.05, 4.69) is 20.8 Å². The Morgan fingerprint density at radius 3 is 1.93 bits per heavy atom. The predicted octanol–water partition coefficient (Wildman–Crippen LogP) is 5.79. The first-order chi connectivity index (χ1) is 21.1. The Bertz CT molecular complexity index is 984. The third-order valence-corrected chi connectivity index (χ3v) is 10.7. The molecule has 0 aliphatic carbocycles. The van der Waals surface area contributed by atoms with Crippen LogP contribution >= 0.6 is 0 Å². The van der Waals surface area contributed by atoms with E-state index >= 15 is 0 Å². The molecule has 0 aromatic rings. The number of rotatable bonds is 10. The summed E-state index contributed by atoms with van der Waals surface area (Å²) >= 11 is 0. The lowest BCUT2D eigenvalue weighted by Crippen LogP contribution is -2.57. The van der Waals surface area contributed by atoms with Gasteiger partial charge in [0.2, 0.25) is 0 Å². The summed E-state index contributed by atoms with van der Waals surface area (Å²) < 4.78 is 49.8. The normalized spacial score (nSPS) is 40.8. The third kappa shape index (κ3) is 9.64. The van der Waals surface area contributed by atoms with Crippen molar-refractivity contribution in [2.75, 3.05) is 13.2 Å². The van der Waals surface area contributed by atoms with Crippen molar-refractivity contribution in [3.05, 3.63) is 0 Å². The van der Waals surface area contributed by atoms with Gasteiger partial charge in [-0.3, -0.25) is 0 Å². The van der Waals surface area contributed by atoms with Gasteiger partial charge in [0.05, 0.1) is 62.0 Å². The molecule has 4 saturated heterocycles. The van der Waals surface area contributed by atoms with Crippen molar-refractivity contribution < 1.29 is 48.1 Å². The molecule has 4 heterocycles. The predicted molar refractivity (Wildman–Crippen MR) is 174 cm³/mol. The van der Waals surface area contributed by atoms with Gasteiger partial charge in [0, 0.05) is 48.9 Å². The summed E-state index contributed by atoms with van der Waals surface area (Å²) in [6.45, 7) is 27.2. The minimum atomic E-state index is -0.825. The summed E-state index contributed by atoms with van der Waals surface area (Å²) in [6, 6.07) is 0. The van der Waals surface area contributed by atoms with Gasteiger partial charge in [-0.1, -0.05) is 34.6 Å². The van der Waals surface area contributed by atoms with E-state index < -0.39 is 41.3 Å². The quantitative estimate of drug-likeness (QED) is 0.299. The second kappa shape index (κ2) is 14.4. The molecule has 4 rings (SSSR count). The Balaban J connectivity index is 1.39. The van der Waals surface area contributed by atoms with E-state index in [9.17, 15) is 10.2 Å². The fraction of sp³-hybridized carbons (Fsp3) is 1.00. The van der Waals surface area contributed by atoms with Gasteiger partial charge in [0.1, 0.15) is 0 Å². The molecule has 0 saturated carbocycles. The van der Waals surface area contributed by atoms with Crippen LogP contribution in [-0.2, 0) is 37.9 Å². The van der Waals surface area contributed by atoms with E-state index in [1.165, 1.54) is 0 Å². The molecule has 4 fully saturated rings. The van der Waals surface area contributed by atoms with Crippen LogP contribution in [0, 0.1) is 29.6 Å². The maximum atomic E-state index is 11.6. The Kier molecular flexibility index (Phi) is 12.1. The minimum Gasteiger partial charge on any atom is -0.393 e. The summed E-state index contributed by atoms with van der Waals surface area (Å²) in [4.78, 5) is 0. The monoisotopic (exact) mass is 658 g/mol. The molecule has 0 radical (unpaired) electrons. The topological polar surface area (TPSA) is 114 Å². The molecule has 4 aliphatic heterocycles. The van der Waals surface area contributed by atoms with Gasteiger partial charge in [0.25, 0.3) is 0 Å². The maximum Gasteiger partial charge on any atom is 0.163 e. The molecule has 0 spiro atoms. The molecule has 2 N–H and O–H groups in total. The van der Waals surface area contributed by atoms with Crippen molar-refractivity contribution in [1.29, 1.82) is 0 Å². The smallest absolute Gasteiger partial charge is 0.163 e. The van der Waals surface area contributed by atoms with Crippen LogP contribution in [0.4, 0.5) is 0 Å². The lowest BCUT2D eigenvalue weighted by molar-refractivity contribution is -0.351. The van der Waals surface area contributed by atoms with Crippen LogP contribution in [0.25, 0.3) is 0 Å². The molecule has 0 aromatic heterocycles. The highest BCUT2D eigenvalue weighted by molar-refractivity contribution is 4.94. The molecule has 13 atom stereocenters. The second-order valence-corrected chi connectivity index (χ2v) is 16.7. The lowest BCUT2D eigenvalue weighted by atomic mass is 9.77. The van der Waals surface area contributed by atoms with E-state index in [-0.39, 0.29) is 60.3 Å². The number of hydrogen-bond donors (Lipinski definition) is 2. The molecule has 0 unspecified atom stereocenters. The first-order valence-electron chi connectivity index (χ1n) is 17.8. The largest absolute Gasteiger partial charge is 0.393 e. The summed E-state index contributed by atoms with van der Waals surface area (Å²) in [6.07, 6.45) is 0.307. The molecular weight excluding hydrogens is 592 g/mol. The van der Waals surface area contributed by atoms with E-state index in [0.717, 1.165) is 12.8 Å². The Morgan fingerprint density at radius 2 is 1.28 bits per heavy atom. The van der Waals surface area contributed by atoms with Crippen LogP contribution in [0.1, 0.15) is 116 Å². The standard InChI is InChI=1S/C36H66O10/c1-20-19-40-34(8,9)45-31(20)24(5)32-23(4)29(44-36(12,13)46-32)18-27(37)21(2)30(38)22(3)28-17-26(42-35(10,11)43-28)16-25-14-15-39-33(6,7)41-25/h20-32,37-38H,14-19H2,1-13H3/t20-,21-,22+,23+,24+,25-,26-,27-,28-,29-,30+,31+,32-/m1/s1. The average molecular weight is 659 g/mol. The van der Waals surface area contributed by atoms with Gasteiger partial charge in [-0.25, -0.2) is 0 Å². The van der Waals surface area contributed by atoms with Crippen LogP contribution in [0.3, 0.4) is 0 Å². The van der Waals surface area contributed by atoms with Crippen LogP contribution in [0.15, 0.2) is 0 Å². The van der Waals surface area contributed by atoms with Crippen LogP contribution in [0.2, 0.25) is 0 Å². The highest BCUT2D eigenvalue weighted by Crippen LogP contribution is 2.42. The number of hydrogen-bond acceptors (Lipinski definition) is 10. The van der Waals surface area contributed by atoms with Gasteiger partial charge in [-0.05, 0) is 61.8 Å². The molecule has 10 heteroatoms. The zero-order valence-corrected chi connectivity index (χ0v) is 30.9. The Labute approximate surface area is 278 Å². The van der Waals surface area contributed by atoms with Gasteiger partial charge in [-0.15, -0.1) is 0 Å². The van der Waals surface area contributed by atoms with Crippen molar-refractivity contribution in [3.8, 4) is 0 Å². The van der Waals surface area contributed by atoms with Crippen LogP contribution < -0.4 is 0 Å². The van der Waals surface area contributed by atoms with Gasteiger partial charge < -0.3 is 48.1 Å². The van der Waals surface area contributed by atoms with Crippen molar-refractivity contribution in [2.45, 2.75) is 188 Å². The highest BCUT2D eigenvalue weighted by Gasteiger charge is 2.49. The number of aliphatic hydroxyl groups is 2. The van der Waals surface area contributed by atoms with E-state index in [1.807, 2.05) is 69.2 Å². The lowest BCUT2D eigenvalue weighted by Gasteiger charge is -2.51. The molecule has 4 aliphatic rings. The molecule has 46 heavy (non-hydrogen) atoms.